The number of carboxylic acid groups (broad SMARTS) is 1. The Morgan fingerprint density at radius 3 is 2.42 bits per heavy atom. The summed E-state index contributed by atoms with van der Waals surface area (Å²) in [6.45, 7) is 3.17. The van der Waals surface area contributed by atoms with Gasteiger partial charge in [-0.25, -0.2) is 4.79 Å². The summed E-state index contributed by atoms with van der Waals surface area (Å²) in [6, 6.07) is 15.5. The van der Waals surface area contributed by atoms with Crippen LogP contribution < -0.4 is 43.8 Å². The van der Waals surface area contributed by atoms with Crippen LogP contribution >= 0.6 is 0 Å². The summed E-state index contributed by atoms with van der Waals surface area (Å²) in [5.74, 6) is 0.394. The molecule has 10 nitrogen and oxygen atoms in total. The fraction of sp³-hybridized carbons (Fsp3) is 0.294. The number of nitrogens with zero attached hydrogens (tertiary/aromatic N) is 3. The Bertz CT molecular complexity index is 1780. The van der Waals surface area contributed by atoms with Crippen molar-refractivity contribution in [3.63, 3.8) is 0 Å². The standard InChI is InChI=1S/C34H33N3O7.Na.H/c1-4-43-30-17-24(16-29(42-3)31(30)25-19-35-36(2)20-25)32(39)37-12-10-34(11-13-37)18-27(38)26-15-22(8-9-28(26)44-34)21-6-5-7-23(14-21)33(40)41;;/h5-9,14-17,19-20H,4,10-13,18H2,1-3H3,(H,40,41);;/q;+1;-1. The maximum Gasteiger partial charge on any atom is 1.00 e. The molecule has 0 bridgehead atoms. The minimum Gasteiger partial charge on any atom is -1.00 e. The van der Waals surface area contributed by atoms with Gasteiger partial charge in [0.15, 0.2) is 5.78 Å². The summed E-state index contributed by atoms with van der Waals surface area (Å²) in [5.41, 5.74) is 3.45. The molecular weight excluding hydrogens is 585 g/mol. The van der Waals surface area contributed by atoms with Crippen molar-refractivity contribution in [1.82, 2.24) is 14.7 Å². The second-order valence-corrected chi connectivity index (χ2v) is 11.2. The van der Waals surface area contributed by atoms with Gasteiger partial charge >= 0.3 is 35.5 Å². The van der Waals surface area contributed by atoms with E-state index >= 15 is 0 Å². The van der Waals surface area contributed by atoms with Gasteiger partial charge in [0.05, 0.1) is 43.0 Å². The first-order valence-electron chi connectivity index (χ1n) is 14.5. The maximum absolute atomic E-state index is 13.7. The molecule has 0 aliphatic carbocycles. The molecule has 1 fully saturated rings. The molecule has 228 valence electrons. The summed E-state index contributed by atoms with van der Waals surface area (Å²) >= 11 is 0. The molecule has 0 saturated carbocycles. The number of Topliss-reactive ketones (excluding diaryl/α,β-unsaturated/α-hetero) is 1. The van der Waals surface area contributed by atoms with Crippen LogP contribution in [0, 0.1) is 0 Å². The van der Waals surface area contributed by atoms with E-state index in [1.54, 1.807) is 59.3 Å². The van der Waals surface area contributed by atoms with E-state index in [9.17, 15) is 19.5 Å². The molecule has 45 heavy (non-hydrogen) atoms. The Morgan fingerprint density at radius 1 is 1.02 bits per heavy atom. The topological polar surface area (TPSA) is 120 Å². The average Bonchev–Trinajstić information content (AvgIpc) is 3.46. The van der Waals surface area contributed by atoms with Gasteiger partial charge in [0.2, 0.25) is 0 Å². The number of piperidine rings is 1. The Balaban J connectivity index is 0.00000240. The van der Waals surface area contributed by atoms with Crippen LogP contribution in [0.3, 0.4) is 0 Å². The molecule has 3 aromatic carbocycles. The summed E-state index contributed by atoms with van der Waals surface area (Å²) in [6.07, 6.45) is 4.83. The molecule has 0 radical (unpaired) electrons. The van der Waals surface area contributed by atoms with E-state index in [1.807, 2.05) is 32.3 Å². The van der Waals surface area contributed by atoms with E-state index in [2.05, 4.69) is 5.10 Å². The van der Waals surface area contributed by atoms with Gasteiger partial charge in [0.25, 0.3) is 5.91 Å². The quantitative estimate of drug-likeness (QED) is 0.314. The molecule has 4 aromatic rings. The van der Waals surface area contributed by atoms with Crippen LogP contribution in [0.1, 0.15) is 58.7 Å². The average molecular weight is 620 g/mol. The first-order chi connectivity index (χ1) is 21.2. The fourth-order valence-corrected chi connectivity index (χ4v) is 6.06. The van der Waals surface area contributed by atoms with Crippen molar-refractivity contribution >= 4 is 17.7 Å². The van der Waals surface area contributed by atoms with E-state index in [1.165, 1.54) is 6.07 Å². The van der Waals surface area contributed by atoms with Gasteiger partial charge in [0.1, 0.15) is 22.8 Å². The summed E-state index contributed by atoms with van der Waals surface area (Å²) < 4.78 is 19.8. The van der Waals surface area contributed by atoms with E-state index in [0.717, 1.165) is 16.7 Å². The van der Waals surface area contributed by atoms with Gasteiger partial charge < -0.3 is 25.6 Å². The number of aromatic nitrogens is 2. The van der Waals surface area contributed by atoms with Crippen molar-refractivity contribution in [2.75, 3.05) is 26.8 Å². The number of aryl methyl sites for hydroxylation is 1. The number of ether oxygens (including phenoxy) is 3. The number of carboxylic acids is 1. The second kappa shape index (κ2) is 13.1. The van der Waals surface area contributed by atoms with Crippen LogP contribution in [-0.4, -0.2) is 69.9 Å². The number of hydrogen-bond acceptors (Lipinski definition) is 7. The zero-order valence-electron chi connectivity index (χ0n) is 26.8. The Kier molecular flexibility index (Phi) is 9.38. The minimum absolute atomic E-state index is 0. The molecule has 1 amide bonds. The van der Waals surface area contributed by atoms with Gasteiger partial charge in [-0.05, 0) is 54.4 Å². The number of hydrogen-bond donors (Lipinski definition) is 1. The van der Waals surface area contributed by atoms with E-state index in [0.29, 0.717) is 66.5 Å². The zero-order chi connectivity index (χ0) is 31.0. The number of likely N-dealkylation sites (tertiary alicyclic amines) is 1. The third kappa shape index (κ3) is 6.36. The predicted octanol–water partition coefficient (Wildman–Crippen LogP) is 2.62. The molecule has 1 spiro atoms. The number of methoxy groups -OCH3 is 1. The van der Waals surface area contributed by atoms with Gasteiger partial charge in [-0.2, -0.15) is 5.10 Å². The second-order valence-electron chi connectivity index (χ2n) is 11.2. The summed E-state index contributed by atoms with van der Waals surface area (Å²) in [5, 5.41) is 13.6. The SMILES string of the molecule is CCOc1cc(C(=O)N2CCC3(CC2)CC(=O)c2cc(-c4cccc(C(=O)O)c4)ccc2O3)cc(OC)c1-c1cnn(C)c1.[H-].[Na+]. The number of amides is 1. The number of fused-ring (bicyclic) bond motifs is 1. The molecule has 6 rings (SSSR count). The van der Waals surface area contributed by atoms with Crippen LogP contribution in [0.4, 0.5) is 0 Å². The fourth-order valence-electron chi connectivity index (χ4n) is 6.06. The first kappa shape index (κ1) is 32.3. The Hall–Kier alpha value is -4.12. The van der Waals surface area contributed by atoms with Gasteiger partial charge in [-0.3, -0.25) is 14.3 Å². The smallest absolute Gasteiger partial charge is 1.00 e. The third-order valence-electron chi connectivity index (χ3n) is 8.32. The molecule has 3 heterocycles. The molecule has 1 N–H and O–H groups in total. The van der Waals surface area contributed by atoms with Crippen LogP contribution in [0.15, 0.2) is 67.0 Å². The molecule has 0 atom stereocenters. The van der Waals surface area contributed by atoms with Crippen molar-refractivity contribution in [3.05, 3.63) is 83.7 Å². The Morgan fingerprint density at radius 2 is 1.76 bits per heavy atom. The third-order valence-corrected chi connectivity index (χ3v) is 8.32. The van der Waals surface area contributed by atoms with Gasteiger partial charge in [-0.1, -0.05) is 18.2 Å². The predicted molar refractivity (Wildman–Crippen MR) is 164 cm³/mol. The van der Waals surface area contributed by atoms with Crippen molar-refractivity contribution in [2.45, 2.75) is 31.8 Å². The number of rotatable bonds is 7. The first-order valence-corrected chi connectivity index (χ1v) is 14.5. The molecule has 1 saturated heterocycles. The van der Waals surface area contributed by atoms with Crippen molar-refractivity contribution < 1.29 is 64.7 Å². The number of ketones is 1. The van der Waals surface area contributed by atoms with Crippen molar-refractivity contribution in [2.24, 2.45) is 7.05 Å². The van der Waals surface area contributed by atoms with Gasteiger partial charge in [0, 0.05) is 50.3 Å². The number of carbonyl (C=O) groups excluding carboxylic acids is 2. The largest absolute Gasteiger partial charge is 1.00 e. The van der Waals surface area contributed by atoms with Crippen LogP contribution in [0.25, 0.3) is 22.3 Å². The Labute approximate surface area is 284 Å². The van der Waals surface area contributed by atoms with E-state index in [-0.39, 0.29) is 54.7 Å². The van der Waals surface area contributed by atoms with Crippen LogP contribution in [-0.2, 0) is 7.05 Å². The summed E-state index contributed by atoms with van der Waals surface area (Å²) in [7, 11) is 3.40. The zero-order valence-corrected chi connectivity index (χ0v) is 27.8. The number of carbonyl (C=O) groups is 3. The number of aromatic carboxylic acids is 1. The maximum atomic E-state index is 13.7. The van der Waals surface area contributed by atoms with E-state index < -0.39 is 11.6 Å². The van der Waals surface area contributed by atoms with Crippen molar-refractivity contribution in [1.29, 1.82) is 0 Å². The van der Waals surface area contributed by atoms with E-state index in [4.69, 9.17) is 14.2 Å². The number of benzene rings is 3. The molecule has 2 aliphatic rings. The van der Waals surface area contributed by atoms with Gasteiger partial charge in [-0.15, -0.1) is 0 Å². The molecular formula is C34H34N3NaO7. The monoisotopic (exact) mass is 619 g/mol. The van der Waals surface area contributed by atoms with Crippen molar-refractivity contribution in [3.8, 4) is 39.5 Å². The molecule has 1 aromatic heterocycles. The van der Waals surface area contributed by atoms with Crippen LogP contribution in [0.5, 0.6) is 17.2 Å². The van der Waals surface area contributed by atoms with Crippen LogP contribution in [0.2, 0.25) is 0 Å². The normalized spacial score (nSPS) is 15.1. The minimum atomic E-state index is -1.01. The molecule has 2 aliphatic heterocycles. The molecule has 0 unspecified atom stereocenters. The molecule has 11 heteroatoms. The summed E-state index contributed by atoms with van der Waals surface area (Å²) in [4.78, 5) is 40.3.